The number of anilines is 1. The third kappa shape index (κ3) is 2.59. The summed E-state index contributed by atoms with van der Waals surface area (Å²) in [5, 5.41) is 8.90. The molecule has 0 bridgehead atoms. The number of nitrogens with zero attached hydrogens (tertiary/aromatic N) is 4. The van der Waals surface area contributed by atoms with Crippen LogP contribution in [0.1, 0.15) is 33.6 Å². The van der Waals surface area contributed by atoms with Crippen molar-refractivity contribution in [3.05, 3.63) is 34.6 Å². The van der Waals surface area contributed by atoms with E-state index >= 15 is 0 Å². The van der Waals surface area contributed by atoms with E-state index < -0.39 is 0 Å². The van der Waals surface area contributed by atoms with E-state index in [1.165, 1.54) is 15.9 Å². The second kappa shape index (κ2) is 6.15. The molecule has 0 aliphatic rings. The zero-order valence-corrected chi connectivity index (χ0v) is 15.4. The molecule has 3 heterocycles. The lowest BCUT2D eigenvalue weighted by molar-refractivity contribution is 0.641. The minimum absolute atomic E-state index is 0.0942. The number of rotatable bonds is 5. The fourth-order valence-electron chi connectivity index (χ4n) is 3.02. The van der Waals surface area contributed by atoms with Gasteiger partial charge in [0.15, 0.2) is 0 Å². The maximum absolute atomic E-state index is 13.0. The maximum Gasteiger partial charge on any atom is 0.293 e. The Hall–Kier alpha value is -2.41. The van der Waals surface area contributed by atoms with E-state index in [2.05, 4.69) is 31.2 Å². The summed E-state index contributed by atoms with van der Waals surface area (Å²) in [5.74, 6) is 1.31. The summed E-state index contributed by atoms with van der Waals surface area (Å²) in [6.07, 6.45) is 2.08. The average Bonchev–Trinajstić information content (AvgIpc) is 3.12. The van der Waals surface area contributed by atoms with Crippen LogP contribution in [-0.4, -0.2) is 25.2 Å². The summed E-state index contributed by atoms with van der Waals surface area (Å²) in [5.41, 5.74) is 0.683. The number of thiophene rings is 1. The number of aromatic nitrogens is 4. The molecule has 0 aliphatic carbocycles. The van der Waals surface area contributed by atoms with E-state index in [4.69, 9.17) is 4.98 Å². The van der Waals surface area contributed by atoms with Crippen LogP contribution in [0.5, 0.6) is 0 Å². The first kappa shape index (κ1) is 16.1. The molecule has 1 aromatic carbocycles. The Morgan fingerprint density at radius 3 is 2.84 bits per heavy atom. The molecule has 1 N–H and O–H groups in total. The van der Waals surface area contributed by atoms with Crippen LogP contribution < -0.4 is 10.9 Å². The van der Waals surface area contributed by atoms with Crippen molar-refractivity contribution in [3.63, 3.8) is 0 Å². The lowest BCUT2D eigenvalue weighted by Crippen LogP contribution is -2.15. The van der Waals surface area contributed by atoms with Crippen molar-refractivity contribution >= 4 is 43.4 Å². The highest BCUT2D eigenvalue weighted by atomic mass is 32.1. The standard InChI is InChI=1S/C18H21N5OS/c1-4-5-10-22-17(19-11(2)3)21-23-16(24)15-14(20-18(22)23)12-8-6-7-9-13(12)25-15/h6-9,11H,4-5,10H2,1-3H3,(H,19,21). The lowest BCUT2D eigenvalue weighted by Gasteiger charge is -2.10. The van der Waals surface area contributed by atoms with Gasteiger partial charge in [-0.05, 0) is 26.3 Å². The van der Waals surface area contributed by atoms with Crippen LogP contribution in [0.15, 0.2) is 29.1 Å². The van der Waals surface area contributed by atoms with Crippen molar-refractivity contribution in [2.24, 2.45) is 0 Å². The average molecular weight is 355 g/mol. The Balaban J connectivity index is 2.05. The summed E-state index contributed by atoms with van der Waals surface area (Å²) >= 11 is 1.48. The van der Waals surface area contributed by atoms with Gasteiger partial charge >= 0.3 is 0 Å². The third-order valence-corrected chi connectivity index (χ3v) is 5.35. The topological polar surface area (TPSA) is 64.2 Å². The number of aryl methyl sites for hydroxylation is 1. The van der Waals surface area contributed by atoms with Crippen LogP contribution in [0.25, 0.3) is 26.1 Å². The molecule has 4 aromatic rings. The predicted octanol–water partition coefficient (Wildman–Crippen LogP) is 3.88. The minimum Gasteiger partial charge on any atom is -0.352 e. The monoisotopic (exact) mass is 355 g/mol. The summed E-state index contributed by atoms with van der Waals surface area (Å²) in [6, 6.07) is 8.25. The van der Waals surface area contributed by atoms with E-state index in [1.807, 2.05) is 28.8 Å². The molecule has 3 aromatic heterocycles. The molecule has 0 unspecified atom stereocenters. The fraction of sp³-hybridized carbons (Fsp3) is 0.389. The number of unbranched alkanes of at least 4 members (excludes halogenated alkanes) is 1. The van der Waals surface area contributed by atoms with E-state index in [0.717, 1.165) is 35.0 Å². The zero-order valence-electron chi connectivity index (χ0n) is 14.6. The molecule has 0 fully saturated rings. The van der Waals surface area contributed by atoms with Crippen LogP contribution in [0.4, 0.5) is 5.95 Å². The number of hydrogen-bond donors (Lipinski definition) is 1. The molecular formula is C18H21N5OS. The second-order valence-electron chi connectivity index (χ2n) is 6.53. The van der Waals surface area contributed by atoms with E-state index in [1.54, 1.807) is 0 Å². The first-order valence-electron chi connectivity index (χ1n) is 8.67. The zero-order chi connectivity index (χ0) is 17.6. The smallest absolute Gasteiger partial charge is 0.293 e. The number of hydrogen-bond acceptors (Lipinski definition) is 5. The van der Waals surface area contributed by atoms with Crippen LogP contribution in [0, 0.1) is 0 Å². The van der Waals surface area contributed by atoms with Gasteiger partial charge in [0.1, 0.15) is 4.70 Å². The van der Waals surface area contributed by atoms with Gasteiger partial charge in [0.25, 0.3) is 5.56 Å². The summed E-state index contributed by atoms with van der Waals surface area (Å²) in [4.78, 5) is 17.9. The molecule has 25 heavy (non-hydrogen) atoms. The Labute approximate surface area is 149 Å². The van der Waals surface area contributed by atoms with Crippen molar-refractivity contribution in [3.8, 4) is 0 Å². The second-order valence-corrected chi connectivity index (χ2v) is 7.58. The predicted molar refractivity (Wildman–Crippen MR) is 104 cm³/mol. The minimum atomic E-state index is -0.0942. The van der Waals surface area contributed by atoms with Crippen LogP contribution in [-0.2, 0) is 6.54 Å². The molecule has 0 saturated heterocycles. The Morgan fingerprint density at radius 2 is 2.08 bits per heavy atom. The van der Waals surface area contributed by atoms with Gasteiger partial charge in [0.2, 0.25) is 11.7 Å². The van der Waals surface area contributed by atoms with Crippen LogP contribution >= 0.6 is 11.3 Å². The lowest BCUT2D eigenvalue weighted by atomic mass is 10.2. The number of nitrogens with one attached hydrogen (secondary N) is 1. The van der Waals surface area contributed by atoms with E-state index in [-0.39, 0.29) is 11.6 Å². The van der Waals surface area contributed by atoms with Gasteiger partial charge in [-0.1, -0.05) is 31.5 Å². The van der Waals surface area contributed by atoms with Crippen molar-refractivity contribution in [1.29, 1.82) is 0 Å². The molecule has 0 radical (unpaired) electrons. The van der Waals surface area contributed by atoms with Crippen molar-refractivity contribution < 1.29 is 0 Å². The highest BCUT2D eigenvalue weighted by Crippen LogP contribution is 2.30. The molecule has 0 amide bonds. The number of benzene rings is 1. The molecule has 0 atom stereocenters. The van der Waals surface area contributed by atoms with Gasteiger partial charge in [-0.2, -0.15) is 4.52 Å². The first-order chi connectivity index (χ1) is 12.1. The molecule has 0 saturated carbocycles. The van der Waals surface area contributed by atoms with Gasteiger partial charge in [0.05, 0.1) is 5.52 Å². The number of fused-ring (bicyclic) bond motifs is 4. The Bertz CT molecular complexity index is 1120. The molecule has 6 nitrogen and oxygen atoms in total. The van der Waals surface area contributed by atoms with Gasteiger partial charge in [-0.3, -0.25) is 9.36 Å². The summed E-state index contributed by atoms with van der Waals surface area (Å²) in [6.45, 7) is 7.06. The van der Waals surface area contributed by atoms with Gasteiger partial charge in [0, 0.05) is 22.7 Å². The summed E-state index contributed by atoms with van der Waals surface area (Å²) in [7, 11) is 0. The van der Waals surface area contributed by atoms with E-state index in [9.17, 15) is 4.79 Å². The van der Waals surface area contributed by atoms with Crippen LogP contribution in [0.3, 0.4) is 0 Å². The molecule has 0 spiro atoms. The normalized spacial score (nSPS) is 12.0. The van der Waals surface area contributed by atoms with Gasteiger partial charge in [-0.15, -0.1) is 16.4 Å². The third-order valence-electron chi connectivity index (χ3n) is 4.20. The SMILES string of the molecule is CCCCn1c(NC(C)C)nn2c(=O)c3sc4ccccc4c3nc12. The fourth-order valence-corrected chi connectivity index (χ4v) is 4.08. The van der Waals surface area contributed by atoms with Crippen LogP contribution in [0.2, 0.25) is 0 Å². The van der Waals surface area contributed by atoms with Crippen molar-refractivity contribution in [2.75, 3.05) is 5.32 Å². The maximum atomic E-state index is 13.0. The molecule has 7 heteroatoms. The van der Waals surface area contributed by atoms with Gasteiger partial charge < -0.3 is 5.32 Å². The van der Waals surface area contributed by atoms with Crippen molar-refractivity contribution in [1.82, 2.24) is 19.2 Å². The molecular weight excluding hydrogens is 334 g/mol. The highest BCUT2D eigenvalue weighted by Gasteiger charge is 2.18. The first-order valence-corrected chi connectivity index (χ1v) is 9.49. The van der Waals surface area contributed by atoms with Crippen molar-refractivity contribution in [2.45, 2.75) is 46.2 Å². The highest BCUT2D eigenvalue weighted by molar-refractivity contribution is 7.25. The van der Waals surface area contributed by atoms with Gasteiger partial charge in [-0.25, -0.2) is 4.98 Å². The molecule has 4 rings (SSSR count). The Kier molecular flexibility index (Phi) is 3.95. The molecule has 130 valence electrons. The largest absolute Gasteiger partial charge is 0.352 e. The molecule has 0 aliphatic heterocycles. The Morgan fingerprint density at radius 1 is 1.28 bits per heavy atom. The quantitative estimate of drug-likeness (QED) is 0.590. The van der Waals surface area contributed by atoms with E-state index in [0.29, 0.717) is 16.4 Å². The summed E-state index contributed by atoms with van der Waals surface area (Å²) < 4.78 is 5.21.